The van der Waals surface area contributed by atoms with Crippen molar-refractivity contribution in [3.63, 3.8) is 0 Å². The number of aromatic nitrogens is 2. The van der Waals surface area contributed by atoms with Gasteiger partial charge >= 0.3 is 0 Å². The van der Waals surface area contributed by atoms with Crippen LogP contribution in [-0.2, 0) is 0 Å². The predicted octanol–water partition coefficient (Wildman–Crippen LogP) is 4.06. The minimum absolute atomic E-state index is 0.0815. The number of hydrogen-bond acceptors (Lipinski definition) is 4. The lowest BCUT2D eigenvalue weighted by molar-refractivity contribution is 0.102. The van der Waals surface area contributed by atoms with Crippen molar-refractivity contribution in [3.05, 3.63) is 77.6 Å². The number of aryl methyl sites for hydroxylation is 1. The van der Waals surface area contributed by atoms with Gasteiger partial charge in [-0.1, -0.05) is 24.3 Å². The van der Waals surface area contributed by atoms with Gasteiger partial charge in [0, 0.05) is 18.1 Å². The summed E-state index contributed by atoms with van der Waals surface area (Å²) in [6.45, 7) is 1.94. The maximum absolute atomic E-state index is 13.6. The lowest BCUT2D eigenvalue weighted by Gasteiger charge is -2.09. The second-order valence-corrected chi connectivity index (χ2v) is 5.29. The van der Waals surface area contributed by atoms with E-state index in [1.54, 1.807) is 0 Å². The van der Waals surface area contributed by atoms with Gasteiger partial charge < -0.3 is 10.6 Å². The van der Waals surface area contributed by atoms with E-state index in [9.17, 15) is 13.6 Å². The van der Waals surface area contributed by atoms with Gasteiger partial charge in [0.1, 0.15) is 17.3 Å². The molecule has 2 aromatic carbocycles. The molecule has 0 aliphatic heterocycles. The summed E-state index contributed by atoms with van der Waals surface area (Å²) in [6.07, 6.45) is 2.56. The van der Waals surface area contributed by atoms with Crippen molar-refractivity contribution in [3.8, 4) is 0 Å². The van der Waals surface area contributed by atoms with Gasteiger partial charge in [0.05, 0.1) is 5.56 Å². The molecule has 1 heterocycles. The average molecular weight is 340 g/mol. The number of benzene rings is 2. The van der Waals surface area contributed by atoms with Crippen LogP contribution in [0.4, 0.5) is 26.1 Å². The fourth-order valence-corrected chi connectivity index (χ4v) is 2.15. The van der Waals surface area contributed by atoms with Crippen molar-refractivity contribution >= 4 is 23.2 Å². The number of carbonyl (C=O) groups excluding carboxylic acids is 1. The molecule has 0 fully saturated rings. The number of amides is 1. The average Bonchev–Trinajstić information content (AvgIpc) is 2.61. The number of hydrogen-bond donors (Lipinski definition) is 2. The highest BCUT2D eigenvalue weighted by Crippen LogP contribution is 2.20. The van der Waals surface area contributed by atoms with E-state index in [0.717, 1.165) is 23.4 Å². The van der Waals surface area contributed by atoms with Gasteiger partial charge in [-0.15, -0.1) is 0 Å². The number of anilines is 3. The van der Waals surface area contributed by atoms with Crippen LogP contribution in [0.2, 0.25) is 0 Å². The Morgan fingerprint density at radius 3 is 2.24 bits per heavy atom. The molecule has 0 unspecified atom stereocenters. The second kappa shape index (κ2) is 7.04. The summed E-state index contributed by atoms with van der Waals surface area (Å²) in [5.74, 6) is -2.10. The number of nitrogens with zero attached hydrogens (tertiary/aromatic N) is 2. The quantitative estimate of drug-likeness (QED) is 0.752. The third kappa shape index (κ3) is 3.77. The molecule has 25 heavy (non-hydrogen) atoms. The Hall–Kier alpha value is -3.35. The van der Waals surface area contributed by atoms with Gasteiger partial charge in [0.25, 0.3) is 5.91 Å². The number of carbonyl (C=O) groups is 1. The molecule has 0 atom stereocenters. The predicted molar refractivity (Wildman–Crippen MR) is 90.8 cm³/mol. The molecular formula is C18H14F2N4O. The standard InChI is InChI=1S/C18H14F2N4O/c1-11-5-2-3-8-15(11)23-18-21-9-12(10-22-18)17(25)24-16-13(19)6-4-7-14(16)20/h2-10H,1H3,(H,24,25)(H,21,22,23). The Morgan fingerprint density at radius 2 is 1.60 bits per heavy atom. The second-order valence-electron chi connectivity index (χ2n) is 5.29. The summed E-state index contributed by atoms with van der Waals surface area (Å²) < 4.78 is 27.1. The van der Waals surface area contributed by atoms with Crippen molar-refractivity contribution in [2.75, 3.05) is 10.6 Å². The number of nitrogens with one attached hydrogen (secondary N) is 2. The third-order valence-corrected chi connectivity index (χ3v) is 3.51. The monoisotopic (exact) mass is 340 g/mol. The summed E-state index contributed by atoms with van der Waals surface area (Å²) in [4.78, 5) is 20.2. The van der Waals surface area contributed by atoms with Crippen LogP contribution in [0.3, 0.4) is 0 Å². The van der Waals surface area contributed by atoms with E-state index in [2.05, 4.69) is 20.6 Å². The normalized spacial score (nSPS) is 10.4. The Labute approximate surface area is 142 Å². The first-order chi connectivity index (χ1) is 12.0. The van der Waals surface area contributed by atoms with Crippen LogP contribution < -0.4 is 10.6 Å². The molecule has 0 aliphatic carbocycles. The van der Waals surface area contributed by atoms with Gasteiger partial charge in [-0.3, -0.25) is 4.79 Å². The van der Waals surface area contributed by atoms with Gasteiger partial charge in [-0.2, -0.15) is 0 Å². The smallest absolute Gasteiger partial charge is 0.258 e. The van der Waals surface area contributed by atoms with Crippen molar-refractivity contribution in [2.45, 2.75) is 6.92 Å². The van der Waals surface area contributed by atoms with Crippen LogP contribution in [0.5, 0.6) is 0 Å². The first kappa shape index (κ1) is 16.5. The summed E-state index contributed by atoms with van der Waals surface area (Å²) in [7, 11) is 0. The molecule has 126 valence electrons. The molecule has 0 radical (unpaired) electrons. The molecule has 7 heteroatoms. The van der Waals surface area contributed by atoms with Crippen molar-refractivity contribution in [1.29, 1.82) is 0 Å². The van der Waals surface area contributed by atoms with Gasteiger partial charge in [-0.05, 0) is 30.7 Å². The van der Waals surface area contributed by atoms with E-state index < -0.39 is 23.2 Å². The molecular weight excluding hydrogens is 326 g/mol. The Kier molecular flexibility index (Phi) is 4.65. The Morgan fingerprint density at radius 1 is 0.960 bits per heavy atom. The largest absolute Gasteiger partial charge is 0.324 e. The Balaban J connectivity index is 1.74. The highest BCUT2D eigenvalue weighted by molar-refractivity contribution is 6.04. The third-order valence-electron chi connectivity index (χ3n) is 3.51. The fourth-order valence-electron chi connectivity index (χ4n) is 2.15. The molecule has 5 nitrogen and oxygen atoms in total. The summed E-state index contributed by atoms with van der Waals surface area (Å²) in [6, 6.07) is 10.9. The van der Waals surface area contributed by atoms with Crippen LogP contribution in [0, 0.1) is 18.6 Å². The maximum atomic E-state index is 13.6. The van der Waals surface area contributed by atoms with E-state index in [-0.39, 0.29) is 5.56 Å². The molecule has 1 aromatic heterocycles. The topological polar surface area (TPSA) is 66.9 Å². The molecule has 0 aliphatic rings. The minimum Gasteiger partial charge on any atom is -0.324 e. The van der Waals surface area contributed by atoms with Crippen LogP contribution in [0.15, 0.2) is 54.9 Å². The molecule has 0 bridgehead atoms. The molecule has 0 spiro atoms. The summed E-state index contributed by atoms with van der Waals surface area (Å²) in [5.41, 5.74) is 1.43. The lowest BCUT2D eigenvalue weighted by Crippen LogP contribution is -2.15. The first-order valence-electron chi connectivity index (χ1n) is 7.44. The maximum Gasteiger partial charge on any atom is 0.258 e. The van der Waals surface area contributed by atoms with Crippen LogP contribution in [0.1, 0.15) is 15.9 Å². The first-order valence-corrected chi connectivity index (χ1v) is 7.44. The van der Waals surface area contributed by atoms with Crippen LogP contribution in [0.25, 0.3) is 0 Å². The SMILES string of the molecule is Cc1ccccc1Nc1ncc(C(=O)Nc2c(F)cccc2F)cn1. The lowest BCUT2D eigenvalue weighted by atomic mass is 10.2. The zero-order valence-corrected chi connectivity index (χ0v) is 13.3. The van der Waals surface area contributed by atoms with E-state index in [0.29, 0.717) is 5.95 Å². The summed E-state index contributed by atoms with van der Waals surface area (Å²) in [5, 5.41) is 5.22. The molecule has 0 saturated heterocycles. The minimum atomic E-state index is -0.855. The van der Waals surface area contributed by atoms with E-state index >= 15 is 0 Å². The van der Waals surface area contributed by atoms with E-state index in [1.807, 2.05) is 31.2 Å². The highest BCUT2D eigenvalue weighted by Gasteiger charge is 2.14. The number of rotatable bonds is 4. The highest BCUT2D eigenvalue weighted by atomic mass is 19.1. The molecule has 0 saturated carbocycles. The zero-order chi connectivity index (χ0) is 17.8. The number of para-hydroxylation sites is 2. The van der Waals surface area contributed by atoms with Crippen molar-refractivity contribution in [2.24, 2.45) is 0 Å². The Bertz CT molecular complexity index is 893. The zero-order valence-electron chi connectivity index (χ0n) is 13.3. The van der Waals surface area contributed by atoms with Crippen molar-refractivity contribution in [1.82, 2.24) is 9.97 Å². The van der Waals surface area contributed by atoms with E-state index in [4.69, 9.17) is 0 Å². The van der Waals surface area contributed by atoms with Crippen LogP contribution in [-0.4, -0.2) is 15.9 Å². The summed E-state index contributed by atoms with van der Waals surface area (Å²) >= 11 is 0. The molecule has 3 rings (SSSR count). The number of halogens is 2. The van der Waals surface area contributed by atoms with Crippen molar-refractivity contribution < 1.29 is 13.6 Å². The fraction of sp³-hybridized carbons (Fsp3) is 0.0556. The van der Waals surface area contributed by atoms with Gasteiger partial charge in [0.2, 0.25) is 5.95 Å². The van der Waals surface area contributed by atoms with Gasteiger partial charge in [-0.25, -0.2) is 18.7 Å². The molecule has 3 aromatic rings. The molecule has 1 amide bonds. The molecule has 2 N–H and O–H groups in total. The van der Waals surface area contributed by atoms with Gasteiger partial charge in [0.15, 0.2) is 0 Å². The van der Waals surface area contributed by atoms with Crippen LogP contribution >= 0.6 is 0 Å². The van der Waals surface area contributed by atoms with E-state index in [1.165, 1.54) is 18.5 Å².